The zero-order chi connectivity index (χ0) is 36.9. The maximum absolute atomic E-state index is 13.6. The first-order chi connectivity index (χ1) is 22.5. The minimum Gasteiger partial charge on any atom is -0.459 e. The van der Waals surface area contributed by atoms with E-state index in [9.17, 15) is 28.8 Å². The molecule has 12 nitrogen and oxygen atoms in total. The maximum atomic E-state index is 13.6. The molecule has 0 saturated carbocycles. The van der Waals surface area contributed by atoms with E-state index in [0.29, 0.717) is 6.42 Å². The number of nitrogens with one attached hydrogen (secondary N) is 4. The number of amides is 4. The molecule has 3 unspecified atom stereocenters. The van der Waals surface area contributed by atoms with Crippen molar-refractivity contribution < 1.29 is 33.5 Å². The number of allylic oxidation sites excluding steroid dienone is 6. The number of hydrogen-bond donors (Lipinski definition) is 4. The van der Waals surface area contributed by atoms with Crippen molar-refractivity contribution >= 4 is 35.4 Å². The molecule has 0 radical (unpaired) electrons. The van der Waals surface area contributed by atoms with Crippen molar-refractivity contribution in [3.05, 3.63) is 48.4 Å². The van der Waals surface area contributed by atoms with E-state index in [1.54, 1.807) is 34.6 Å². The lowest BCUT2D eigenvalue weighted by Crippen LogP contribution is -2.55. The molecule has 4 amide bonds. The SMILES string of the molecule is C=C(CCC/C=C\C)N(C)C(=CC(C)CC(NC(=O)CNC(=O)CC)C(=O)NC(CCC)C(=O)C(=O)NCC(=O)OC(C)(C)C)/C=C\C. The quantitative estimate of drug-likeness (QED) is 0.0441. The number of ketones is 1. The predicted molar refractivity (Wildman–Crippen MR) is 188 cm³/mol. The molecule has 0 aliphatic rings. The van der Waals surface area contributed by atoms with E-state index >= 15 is 0 Å². The van der Waals surface area contributed by atoms with E-state index < -0.39 is 53.7 Å². The lowest BCUT2D eigenvalue weighted by Gasteiger charge is -2.26. The third-order valence-electron chi connectivity index (χ3n) is 7.00. The van der Waals surface area contributed by atoms with Gasteiger partial charge in [0.15, 0.2) is 0 Å². The molecule has 0 aromatic heterocycles. The van der Waals surface area contributed by atoms with Crippen LogP contribution in [-0.2, 0) is 33.5 Å². The third kappa shape index (κ3) is 18.8. The molecule has 0 rings (SSSR count). The highest BCUT2D eigenvalue weighted by atomic mass is 16.6. The first-order valence-electron chi connectivity index (χ1n) is 16.8. The van der Waals surface area contributed by atoms with Crippen molar-refractivity contribution in [1.82, 2.24) is 26.2 Å². The number of ether oxygens (including phenoxy) is 1. The Morgan fingerprint density at radius 1 is 0.917 bits per heavy atom. The summed E-state index contributed by atoms with van der Waals surface area (Å²) < 4.78 is 5.16. The van der Waals surface area contributed by atoms with E-state index in [1.165, 1.54) is 0 Å². The summed E-state index contributed by atoms with van der Waals surface area (Å²) in [6, 6.07) is -2.29. The van der Waals surface area contributed by atoms with Crippen LogP contribution in [-0.4, -0.2) is 78.1 Å². The van der Waals surface area contributed by atoms with Gasteiger partial charge in [0.2, 0.25) is 23.5 Å². The highest BCUT2D eigenvalue weighted by Crippen LogP contribution is 2.20. The Morgan fingerprint density at radius 3 is 2.15 bits per heavy atom. The highest BCUT2D eigenvalue weighted by molar-refractivity contribution is 6.38. The number of unbranched alkanes of at least 4 members (excludes halogenated alkanes) is 1. The summed E-state index contributed by atoms with van der Waals surface area (Å²) in [5.74, 6) is -4.48. The summed E-state index contributed by atoms with van der Waals surface area (Å²) in [5.41, 5.74) is 1.03. The van der Waals surface area contributed by atoms with E-state index in [1.807, 2.05) is 57.0 Å². The Morgan fingerprint density at radius 2 is 1.58 bits per heavy atom. The molecule has 0 fully saturated rings. The molecule has 12 heteroatoms. The van der Waals surface area contributed by atoms with Gasteiger partial charge in [-0.2, -0.15) is 0 Å². The van der Waals surface area contributed by atoms with E-state index in [2.05, 4.69) is 33.9 Å². The third-order valence-corrected chi connectivity index (χ3v) is 7.00. The van der Waals surface area contributed by atoms with Gasteiger partial charge in [-0.1, -0.05) is 58.1 Å². The van der Waals surface area contributed by atoms with Gasteiger partial charge in [-0.15, -0.1) is 0 Å². The summed E-state index contributed by atoms with van der Waals surface area (Å²) in [7, 11) is 1.92. The number of likely N-dealkylation sites (N-methyl/N-ethyl adjacent to an activating group) is 1. The number of rotatable bonds is 22. The number of carbonyl (C=O) groups is 6. The van der Waals surface area contributed by atoms with Crippen LogP contribution >= 0.6 is 0 Å². The standard InChI is InChI=1S/C36H59N5O7/c1-11-15-16-17-20-26(6)41(10)27(18-12-2)21-25(5)22-29(39-31(43)23-37-30(42)14-4)34(46)40-28(19-13-3)33(45)35(47)38-24-32(44)48-36(7,8)9/h11-12,15,18,21,25,28-29H,6,13-14,16-17,19-20,22-24H2,1-5,7-10H3,(H,37,42)(H,38,47)(H,39,43)(H,40,46)/b15-11-,18-12-,27-21?. The monoisotopic (exact) mass is 673 g/mol. The zero-order valence-electron chi connectivity index (χ0n) is 30.5. The van der Waals surface area contributed by atoms with Gasteiger partial charge < -0.3 is 30.9 Å². The van der Waals surface area contributed by atoms with Crippen LogP contribution in [0.4, 0.5) is 0 Å². The fourth-order valence-corrected chi connectivity index (χ4v) is 4.51. The minimum absolute atomic E-state index is 0.152. The molecule has 0 bridgehead atoms. The molecule has 0 aromatic carbocycles. The van der Waals surface area contributed by atoms with E-state index in [0.717, 1.165) is 30.7 Å². The molecular formula is C36H59N5O7. The van der Waals surface area contributed by atoms with Gasteiger partial charge >= 0.3 is 5.97 Å². The summed E-state index contributed by atoms with van der Waals surface area (Å²) in [6.45, 7) is 17.7. The molecule has 270 valence electrons. The van der Waals surface area contributed by atoms with Gasteiger partial charge in [-0.05, 0) is 78.7 Å². The fraction of sp³-hybridized carbons (Fsp3) is 0.611. The Balaban J connectivity index is 6.01. The second-order valence-electron chi connectivity index (χ2n) is 12.6. The van der Waals surface area contributed by atoms with Gasteiger partial charge in [0.25, 0.3) is 5.91 Å². The van der Waals surface area contributed by atoms with Gasteiger partial charge in [0, 0.05) is 24.9 Å². The van der Waals surface area contributed by atoms with Crippen LogP contribution in [0.2, 0.25) is 0 Å². The lowest BCUT2D eigenvalue weighted by molar-refractivity contribution is -0.155. The minimum atomic E-state index is -1.19. The number of carbonyl (C=O) groups excluding carboxylic acids is 6. The molecule has 0 heterocycles. The van der Waals surface area contributed by atoms with Crippen molar-refractivity contribution in [3.8, 4) is 0 Å². The lowest BCUT2D eigenvalue weighted by atomic mass is 9.98. The number of hydrogen-bond acceptors (Lipinski definition) is 8. The molecule has 3 atom stereocenters. The number of esters is 1. The van der Waals surface area contributed by atoms with Crippen molar-refractivity contribution in [2.75, 3.05) is 20.1 Å². The first kappa shape index (κ1) is 43.8. The summed E-state index contributed by atoms with van der Waals surface area (Å²) in [6.07, 6.45) is 13.6. The fourth-order valence-electron chi connectivity index (χ4n) is 4.51. The summed E-state index contributed by atoms with van der Waals surface area (Å²) in [5, 5.41) is 10.1. The van der Waals surface area contributed by atoms with Crippen LogP contribution in [0.25, 0.3) is 0 Å². The Bertz CT molecular complexity index is 1200. The molecule has 0 aliphatic carbocycles. The maximum Gasteiger partial charge on any atom is 0.325 e. The normalized spacial score (nSPS) is 13.7. The Labute approximate surface area is 287 Å². The topological polar surface area (TPSA) is 163 Å². The van der Waals surface area contributed by atoms with Gasteiger partial charge in [-0.25, -0.2) is 0 Å². The molecule has 0 aromatic rings. The smallest absolute Gasteiger partial charge is 0.325 e. The van der Waals surface area contributed by atoms with Crippen molar-refractivity contribution in [2.24, 2.45) is 5.92 Å². The van der Waals surface area contributed by atoms with Crippen molar-refractivity contribution in [2.45, 2.75) is 118 Å². The van der Waals surface area contributed by atoms with Crippen molar-refractivity contribution in [1.29, 1.82) is 0 Å². The second kappa shape index (κ2) is 23.2. The summed E-state index contributed by atoms with van der Waals surface area (Å²) in [4.78, 5) is 77.9. The Kier molecular flexibility index (Phi) is 21.1. The molecular weight excluding hydrogens is 614 g/mol. The van der Waals surface area contributed by atoms with Crippen LogP contribution in [0, 0.1) is 5.92 Å². The van der Waals surface area contributed by atoms with E-state index in [-0.39, 0.29) is 37.6 Å². The van der Waals surface area contributed by atoms with Crippen LogP contribution < -0.4 is 21.3 Å². The molecule has 0 aliphatic heterocycles. The highest BCUT2D eigenvalue weighted by Gasteiger charge is 2.31. The second-order valence-corrected chi connectivity index (χ2v) is 12.6. The van der Waals surface area contributed by atoms with Crippen LogP contribution in [0.3, 0.4) is 0 Å². The molecule has 4 N–H and O–H groups in total. The van der Waals surface area contributed by atoms with Crippen LogP contribution in [0.15, 0.2) is 48.4 Å². The first-order valence-corrected chi connectivity index (χ1v) is 16.8. The van der Waals surface area contributed by atoms with E-state index in [4.69, 9.17) is 4.74 Å². The Hall–Kier alpha value is -4.22. The van der Waals surface area contributed by atoms with Crippen LogP contribution in [0.5, 0.6) is 0 Å². The van der Waals surface area contributed by atoms with Crippen molar-refractivity contribution in [3.63, 3.8) is 0 Å². The zero-order valence-corrected chi connectivity index (χ0v) is 30.5. The van der Waals surface area contributed by atoms with Gasteiger partial charge in [-0.3, -0.25) is 28.8 Å². The molecule has 0 saturated heterocycles. The van der Waals surface area contributed by atoms with Gasteiger partial charge in [0.1, 0.15) is 18.2 Å². The summed E-state index contributed by atoms with van der Waals surface area (Å²) >= 11 is 0. The van der Waals surface area contributed by atoms with Crippen LogP contribution in [0.1, 0.15) is 100 Å². The average molecular weight is 674 g/mol. The molecule has 0 spiro atoms. The van der Waals surface area contributed by atoms with Gasteiger partial charge in [0.05, 0.1) is 12.6 Å². The molecule has 48 heavy (non-hydrogen) atoms. The predicted octanol–water partition coefficient (Wildman–Crippen LogP) is 3.99. The average Bonchev–Trinajstić information content (AvgIpc) is 3.01. The largest absolute Gasteiger partial charge is 0.459 e. The number of Topliss-reactive ketones (excluding diaryl/α,β-unsaturated/α-hetero) is 1. The number of nitrogens with zero attached hydrogens (tertiary/aromatic N) is 1.